The number of carbonyl (C=O) groups is 1. The van der Waals surface area contributed by atoms with E-state index in [0.717, 1.165) is 12.1 Å². The van der Waals surface area contributed by atoms with Gasteiger partial charge in [-0.2, -0.15) is 13.2 Å². The molecule has 1 amide bonds. The zero-order valence-electron chi connectivity index (χ0n) is 15.1. The second-order valence-corrected chi connectivity index (χ2v) is 6.76. The van der Waals surface area contributed by atoms with Crippen LogP contribution in [0.2, 0.25) is 0 Å². The molecule has 0 aromatic heterocycles. The summed E-state index contributed by atoms with van der Waals surface area (Å²) in [5.41, 5.74) is 5.81. The smallest absolute Gasteiger partial charge is 0.345 e. The lowest BCUT2D eigenvalue weighted by Crippen LogP contribution is -2.37. The molecule has 2 atom stereocenters. The molecule has 144 valence electrons. The average Bonchev–Trinajstić information content (AvgIpc) is 2.50. The number of carbonyl (C=O) groups excluding carboxylic acids is 1. The van der Waals surface area contributed by atoms with Crippen LogP contribution in [0.4, 0.5) is 13.2 Å². The fraction of sp³-hybridized carbons (Fsp3) is 0.611. The van der Waals surface area contributed by atoms with E-state index in [0.29, 0.717) is 24.4 Å². The number of benzene rings is 1. The molecule has 0 saturated heterocycles. The van der Waals surface area contributed by atoms with Crippen LogP contribution in [0.3, 0.4) is 0 Å². The van der Waals surface area contributed by atoms with Crippen molar-refractivity contribution in [2.45, 2.75) is 45.8 Å². The Morgan fingerprint density at radius 1 is 1.24 bits per heavy atom. The fourth-order valence-electron chi connectivity index (χ4n) is 2.48. The highest BCUT2D eigenvalue weighted by molar-refractivity contribution is 5.85. The van der Waals surface area contributed by atoms with Gasteiger partial charge in [-0.25, -0.2) is 0 Å². The van der Waals surface area contributed by atoms with Crippen molar-refractivity contribution in [2.75, 3.05) is 13.6 Å². The van der Waals surface area contributed by atoms with Crippen LogP contribution in [0, 0.1) is 11.8 Å². The molecule has 0 fully saturated rings. The zero-order valence-corrected chi connectivity index (χ0v) is 16.0. The van der Waals surface area contributed by atoms with Crippen LogP contribution in [0.5, 0.6) is 0 Å². The van der Waals surface area contributed by atoms with Crippen molar-refractivity contribution in [1.82, 2.24) is 4.90 Å². The summed E-state index contributed by atoms with van der Waals surface area (Å²) in [6.45, 7) is 6.35. The summed E-state index contributed by atoms with van der Waals surface area (Å²) >= 11 is 0. The Hall–Kier alpha value is -1.27. The van der Waals surface area contributed by atoms with E-state index < -0.39 is 11.7 Å². The molecule has 0 saturated carbocycles. The van der Waals surface area contributed by atoms with Crippen molar-refractivity contribution in [2.24, 2.45) is 17.6 Å². The summed E-state index contributed by atoms with van der Waals surface area (Å²) in [5.74, 6) is -0.117. The Balaban J connectivity index is 0.00000576. The molecular weight excluding hydrogens is 353 g/mol. The minimum Gasteiger partial charge on any atom is -0.345 e. The van der Waals surface area contributed by atoms with E-state index in [1.807, 2.05) is 13.8 Å². The molecule has 1 aromatic carbocycles. The Morgan fingerprint density at radius 3 is 2.36 bits per heavy atom. The fourth-order valence-corrected chi connectivity index (χ4v) is 2.48. The lowest BCUT2D eigenvalue weighted by Gasteiger charge is -2.24. The largest absolute Gasteiger partial charge is 0.416 e. The Kier molecular flexibility index (Phi) is 9.51. The first-order valence-electron chi connectivity index (χ1n) is 8.19. The van der Waals surface area contributed by atoms with Crippen LogP contribution in [0.25, 0.3) is 0 Å². The van der Waals surface area contributed by atoms with Gasteiger partial charge in [0.15, 0.2) is 0 Å². The number of halogens is 4. The normalized spacial score (nSPS) is 14.0. The molecular formula is C18H28ClF3N2O. The minimum atomic E-state index is -4.37. The predicted octanol–water partition coefficient (Wildman–Crippen LogP) is 4.14. The van der Waals surface area contributed by atoms with Crippen molar-refractivity contribution in [3.63, 3.8) is 0 Å². The second kappa shape index (κ2) is 10.0. The molecule has 2 N–H and O–H groups in total. The van der Waals surface area contributed by atoms with Gasteiger partial charge in [-0.15, -0.1) is 12.4 Å². The zero-order chi connectivity index (χ0) is 18.5. The molecule has 1 aromatic rings. The highest BCUT2D eigenvalue weighted by atomic mass is 35.5. The van der Waals surface area contributed by atoms with Gasteiger partial charge in [0.2, 0.25) is 5.91 Å². The molecule has 3 nitrogen and oxygen atoms in total. The first-order chi connectivity index (χ1) is 11.0. The van der Waals surface area contributed by atoms with Gasteiger partial charge < -0.3 is 10.6 Å². The topological polar surface area (TPSA) is 46.3 Å². The number of nitrogens with two attached hydrogens (primary N) is 1. The van der Waals surface area contributed by atoms with Gasteiger partial charge in [0.1, 0.15) is 0 Å². The lowest BCUT2D eigenvalue weighted by atomic mass is 9.97. The van der Waals surface area contributed by atoms with Gasteiger partial charge >= 0.3 is 6.18 Å². The molecule has 7 heteroatoms. The first kappa shape index (κ1) is 23.7. The van der Waals surface area contributed by atoms with E-state index >= 15 is 0 Å². The van der Waals surface area contributed by atoms with Gasteiger partial charge in [0.05, 0.1) is 5.56 Å². The maximum Gasteiger partial charge on any atom is 0.416 e. The molecule has 0 spiro atoms. The van der Waals surface area contributed by atoms with Crippen LogP contribution in [0.15, 0.2) is 24.3 Å². The summed E-state index contributed by atoms with van der Waals surface area (Å²) in [7, 11) is 1.71. The SMILES string of the molecule is CC(Cc1cccc(C(F)(F)F)c1)C(=O)N(C)CCC(N)C(C)C.Cl. The van der Waals surface area contributed by atoms with Crippen molar-refractivity contribution >= 4 is 18.3 Å². The standard InChI is InChI=1S/C18H27F3N2O.ClH/c1-12(2)16(22)8-9-23(4)17(24)13(3)10-14-6-5-7-15(11-14)18(19,20)21;/h5-7,11-13,16H,8-10,22H2,1-4H3;1H. The first-order valence-corrected chi connectivity index (χ1v) is 8.19. The van der Waals surface area contributed by atoms with Crippen molar-refractivity contribution in [3.8, 4) is 0 Å². The number of nitrogens with zero attached hydrogens (tertiary/aromatic N) is 1. The van der Waals surface area contributed by atoms with Crippen LogP contribution in [-0.2, 0) is 17.4 Å². The molecule has 0 radical (unpaired) electrons. The number of hydrogen-bond acceptors (Lipinski definition) is 2. The third-order valence-corrected chi connectivity index (χ3v) is 4.25. The summed E-state index contributed by atoms with van der Waals surface area (Å²) in [5, 5.41) is 0. The highest BCUT2D eigenvalue weighted by Crippen LogP contribution is 2.30. The highest BCUT2D eigenvalue weighted by Gasteiger charge is 2.30. The van der Waals surface area contributed by atoms with E-state index in [1.165, 1.54) is 6.07 Å². The number of amides is 1. The molecule has 0 aliphatic carbocycles. The second-order valence-electron chi connectivity index (χ2n) is 6.76. The quantitative estimate of drug-likeness (QED) is 0.772. The molecule has 25 heavy (non-hydrogen) atoms. The molecule has 0 aliphatic rings. The van der Waals surface area contributed by atoms with Gasteiger partial charge in [-0.1, -0.05) is 39.0 Å². The molecule has 0 heterocycles. The van der Waals surface area contributed by atoms with Gasteiger partial charge in [0, 0.05) is 25.6 Å². The van der Waals surface area contributed by atoms with E-state index in [9.17, 15) is 18.0 Å². The molecule has 0 aliphatic heterocycles. The number of rotatable bonds is 7. The summed E-state index contributed by atoms with van der Waals surface area (Å²) in [6.07, 6.45) is -3.38. The number of hydrogen-bond donors (Lipinski definition) is 1. The third kappa shape index (κ3) is 7.65. The van der Waals surface area contributed by atoms with E-state index in [1.54, 1.807) is 24.9 Å². The van der Waals surface area contributed by atoms with Gasteiger partial charge in [-0.05, 0) is 30.4 Å². The summed E-state index contributed by atoms with van der Waals surface area (Å²) < 4.78 is 38.2. The minimum absolute atomic E-state index is 0. The molecule has 0 bridgehead atoms. The van der Waals surface area contributed by atoms with Crippen LogP contribution < -0.4 is 5.73 Å². The van der Waals surface area contributed by atoms with E-state index in [-0.39, 0.29) is 36.7 Å². The van der Waals surface area contributed by atoms with E-state index in [2.05, 4.69) is 0 Å². The Morgan fingerprint density at radius 2 is 1.84 bits per heavy atom. The van der Waals surface area contributed by atoms with Crippen LogP contribution in [0.1, 0.15) is 38.3 Å². The lowest BCUT2D eigenvalue weighted by molar-refractivity contribution is -0.137. The molecule has 2 unspecified atom stereocenters. The monoisotopic (exact) mass is 380 g/mol. The van der Waals surface area contributed by atoms with Gasteiger partial charge in [-0.3, -0.25) is 4.79 Å². The number of alkyl halides is 3. The van der Waals surface area contributed by atoms with Gasteiger partial charge in [0.25, 0.3) is 0 Å². The maximum atomic E-state index is 12.7. The van der Waals surface area contributed by atoms with Crippen molar-refractivity contribution in [1.29, 1.82) is 0 Å². The third-order valence-electron chi connectivity index (χ3n) is 4.25. The maximum absolute atomic E-state index is 12.7. The van der Waals surface area contributed by atoms with Crippen molar-refractivity contribution in [3.05, 3.63) is 35.4 Å². The summed E-state index contributed by atoms with van der Waals surface area (Å²) in [4.78, 5) is 14.0. The average molecular weight is 381 g/mol. The van der Waals surface area contributed by atoms with Crippen LogP contribution >= 0.6 is 12.4 Å². The van der Waals surface area contributed by atoms with Crippen LogP contribution in [-0.4, -0.2) is 30.4 Å². The van der Waals surface area contributed by atoms with Crippen molar-refractivity contribution < 1.29 is 18.0 Å². The molecule has 1 rings (SSSR count). The van der Waals surface area contributed by atoms with E-state index in [4.69, 9.17) is 5.73 Å². The predicted molar refractivity (Wildman–Crippen MR) is 96.6 cm³/mol. The Bertz CT molecular complexity index is 549. The Labute approximate surface area is 154 Å². The summed E-state index contributed by atoms with van der Waals surface area (Å²) in [6, 6.07) is 5.17.